The highest BCUT2D eigenvalue weighted by molar-refractivity contribution is 5.91. The molecule has 0 spiro atoms. The number of nitrogens with zero attached hydrogens (tertiary/aromatic N) is 1. The average molecular weight is 273 g/mol. The van der Waals surface area contributed by atoms with E-state index in [9.17, 15) is 0 Å². The van der Waals surface area contributed by atoms with Gasteiger partial charge in [-0.3, -0.25) is 0 Å². The SMILES string of the molecule is Cc1ccc(-n2c3c(c4ccccc42)C(C)CC=C3)cc1. The molecular formula is C20H19N. The summed E-state index contributed by atoms with van der Waals surface area (Å²) in [5, 5.41) is 1.39. The lowest BCUT2D eigenvalue weighted by Crippen LogP contribution is -2.02. The molecule has 0 saturated heterocycles. The molecule has 1 unspecified atom stereocenters. The highest BCUT2D eigenvalue weighted by Gasteiger charge is 2.22. The van der Waals surface area contributed by atoms with Crippen molar-refractivity contribution in [2.45, 2.75) is 26.2 Å². The molecule has 1 heterocycles. The van der Waals surface area contributed by atoms with Gasteiger partial charge >= 0.3 is 0 Å². The lowest BCUT2D eigenvalue weighted by molar-refractivity contribution is 0.773. The minimum absolute atomic E-state index is 0.585. The Labute approximate surface area is 125 Å². The number of benzene rings is 2. The van der Waals surface area contributed by atoms with E-state index in [2.05, 4.69) is 79.1 Å². The van der Waals surface area contributed by atoms with Crippen LogP contribution in [0.2, 0.25) is 0 Å². The van der Waals surface area contributed by atoms with Gasteiger partial charge in [0.05, 0.1) is 5.52 Å². The third kappa shape index (κ3) is 1.84. The van der Waals surface area contributed by atoms with Crippen LogP contribution in [0.25, 0.3) is 22.7 Å². The quantitative estimate of drug-likeness (QED) is 0.555. The Balaban J connectivity index is 2.09. The van der Waals surface area contributed by atoms with Gasteiger partial charge in [0.1, 0.15) is 0 Å². The Bertz CT molecular complexity index is 834. The van der Waals surface area contributed by atoms with Crippen molar-refractivity contribution in [2.75, 3.05) is 0 Å². The molecule has 1 nitrogen and oxygen atoms in total. The molecule has 2 aromatic carbocycles. The summed E-state index contributed by atoms with van der Waals surface area (Å²) < 4.78 is 2.40. The Morgan fingerprint density at radius 1 is 1.00 bits per heavy atom. The summed E-state index contributed by atoms with van der Waals surface area (Å²) in [6.45, 7) is 4.46. The molecule has 3 aromatic rings. The summed E-state index contributed by atoms with van der Waals surface area (Å²) in [6.07, 6.45) is 5.72. The number of hydrogen-bond acceptors (Lipinski definition) is 0. The van der Waals surface area contributed by atoms with Crippen LogP contribution in [0, 0.1) is 6.92 Å². The van der Waals surface area contributed by atoms with E-state index in [0.717, 1.165) is 6.42 Å². The third-order valence-electron chi connectivity index (χ3n) is 4.50. The molecule has 1 aliphatic rings. The molecule has 0 bridgehead atoms. The number of aromatic nitrogens is 1. The maximum atomic E-state index is 2.40. The molecule has 0 radical (unpaired) electrons. The van der Waals surface area contributed by atoms with Crippen LogP contribution in [0.5, 0.6) is 0 Å². The van der Waals surface area contributed by atoms with E-state index in [1.54, 1.807) is 0 Å². The van der Waals surface area contributed by atoms with Crippen molar-refractivity contribution in [1.82, 2.24) is 4.57 Å². The largest absolute Gasteiger partial charge is 0.310 e. The second-order valence-electron chi connectivity index (χ2n) is 6.03. The second-order valence-corrected chi connectivity index (χ2v) is 6.03. The molecule has 0 N–H and O–H groups in total. The van der Waals surface area contributed by atoms with Crippen molar-refractivity contribution < 1.29 is 0 Å². The molecule has 1 atom stereocenters. The van der Waals surface area contributed by atoms with Crippen molar-refractivity contribution in [3.8, 4) is 5.69 Å². The van der Waals surface area contributed by atoms with Gasteiger partial charge in [-0.1, -0.05) is 48.9 Å². The summed E-state index contributed by atoms with van der Waals surface area (Å²) in [5.41, 5.74) is 6.70. The molecule has 21 heavy (non-hydrogen) atoms. The number of hydrogen-bond donors (Lipinski definition) is 0. The van der Waals surface area contributed by atoms with Crippen LogP contribution in [0.4, 0.5) is 0 Å². The molecule has 104 valence electrons. The van der Waals surface area contributed by atoms with Crippen molar-refractivity contribution in [3.63, 3.8) is 0 Å². The van der Waals surface area contributed by atoms with Crippen molar-refractivity contribution in [1.29, 1.82) is 0 Å². The van der Waals surface area contributed by atoms with E-state index in [-0.39, 0.29) is 0 Å². The van der Waals surface area contributed by atoms with Crippen LogP contribution in [-0.4, -0.2) is 4.57 Å². The normalized spacial score (nSPS) is 17.1. The van der Waals surface area contributed by atoms with Crippen LogP contribution in [0.15, 0.2) is 54.6 Å². The van der Waals surface area contributed by atoms with Crippen LogP contribution in [0.3, 0.4) is 0 Å². The first-order valence-corrected chi connectivity index (χ1v) is 7.62. The monoisotopic (exact) mass is 273 g/mol. The number of para-hydroxylation sites is 1. The Hall–Kier alpha value is -2.28. The molecule has 0 fully saturated rings. The number of aryl methyl sites for hydroxylation is 1. The topological polar surface area (TPSA) is 4.93 Å². The lowest BCUT2D eigenvalue weighted by Gasteiger charge is -2.16. The molecule has 4 rings (SSSR count). The predicted octanol–water partition coefficient (Wildman–Crippen LogP) is 5.46. The summed E-state index contributed by atoms with van der Waals surface area (Å²) >= 11 is 0. The van der Waals surface area contributed by atoms with Gasteiger partial charge in [-0.2, -0.15) is 0 Å². The first kappa shape index (κ1) is 12.5. The van der Waals surface area contributed by atoms with Gasteiger partial charge in [-0.25, -0.2) is 0 Å². The molecule has 1 aliphatic carbocycles. The van der Waals surface area contributed by atoms with Crippen molar-refractivity contribution in [2.24, 2.45) is 0 Å². The first-order chi connectivity index (χ1) is 10.3. The summed E-state index contributed by atoms with van der Waals surface area (Å²) in [6, 6.07) is 17.6. The zero-order chi connectivity index (χ0) is 14.4. The van der Waals surface area contributed by atoms with Gasteiger partial charge in [0.2, 0.25) is 0 Å². The summed E-state index contributed by atoms with van der Waals surface area (Å²) in [4.78, 5) is 0. The Kier molecular flexibility index (Phi) is 2.75. The predicted molar refractivity (Wildman–Crippen MR) is 90.1 cm³/mol. The fraction of sp³-hybridized carbons (Fsp3) is 0.200. The third-order valence-corrected chi connectivity index (χ3v) is 4.50. The Morgan fingerprint density at radius 2 is 1.76 bits per heavy atom. The van der Waals surface area contributed by atoms with E-state index in [0.29, 0.717) is 5.92 Å². The van der Waals surface area contributed by atoms with E-state index < -0.39 is 0 Å². The van der Waals surface area contributed by atoms with Gasteiger partial charge in [-0.05, 0) is 49.1 Å². The van der Waals surface area contributed by atoms with Gasteiger partial charge < -0.3 is 4.57 Å². The average Bonchev–Trinajstić information content (AvgIpc) is 2.84. The van der Waals surface area contributed by atoms with E-state index >= 15 is 0 Å². The van der Waals surface area contributed by atoms with Gasteiger partial charge in [-0.15, -0.1) is 0 Å². The summed E-state index contributed by atoms with van der Waals surface area (Å²) in [7, 11) is 0. The van der Waals surface area contributed by atoms with Gasteiger partial charge in [0, 0.05) is 16.8 Å². The summed E-state index contributed by atoms with van der Waals surface area (Å²) in [5.74, 6) is 0.585. The molecule has 1 heteroatoms. The van der Waals surface area contributed by atoms with E-state index in [4.69, 9.17) is 0 Å². The smallest absolute Gasteiger partial charge is 0.0537 e. The molecular weight excluding hydrogens is 254 g/mol. The van der Waals surface area contributed by atoms with E-state index in [1.165, 1.54) is 33.4 Å². The van der Waals surface area contributed by atoms with Crippen LogP contribution >= 0.6 is 0 Å². The molecule has 0 saturated carbocycles. The van der Waals surface area contributed by atoms with Gasteiger partial charge in [0.15, 0.2) is 0 Å². The van der Waals surface area contributed by atoms with E-state index in [1.807, 2.05) is 0 Å². The fourth-order valence-corrected chi connectivity index (χ4v) is 3.44. The van der Waals surface area contributed by atoms with Gasteiger partial charge in [0.25, 0.3) is 0 Å². The van der Waals surface area contributed by atoms with Crippen LogP contribution in [0.1, 0.15) is 36.1 Å². The first-order valence-electron chi connectivity index (χ1n) is 7.62. The second kappa shape index (κ2) is 4.63. The number of rotatable bonds is 1. The number of fused-ring (bicyclic) bond motifs is 3. The highest BCUT2D eigenvalue weighted by atomic mass is 15.0. The highest BCUT2D eigenvalue weighted by Crippen LogP contribution is 2.39. The van der Waals surface area contributed by atoms with Crippen molar-refractivity contribution in [3.05, 3.63) is 71.4 Å². The molecule has 1 aromatic heterocycles. The molecule has 0 amide bonds. The zero-order valence-corrected chi connectivity index (χ0v) is 12.5. The minimum Gasteiger partial charge on any atom is -0.310 e. The van der Waals surface area contributed by atoms with Crippen LogP contribution < -0.4 is 0 Å². The molecule has 0 aliphatic heterocycles. The fourth-order valence-electron chi connectivity index (χ4n) is 3.44. The van der Waals surface area contributed by atoms with Crippen molar-refractivity contribution >= 4 is 17.0 Å². The maximum Gasteiger partial charge on any atom is 0.0537 e. The maximum absolute atomic E-state index is 2.40. The zero-order valence-electron chi connectivity index (χ0n) is 12.5. The number of allylic oxidation sites excluding steroid dienone is 1. The lowest BCUT2D eigenvalue weighted by atomic mass is 9.91. The standard InChI is InChI=1S/C20H19N/c1-14-10-12-16(13-11-14)21-18-8-4-3-7-17(18)20-15(2)6-5-9-19(20)21/h3-5,7-13,15H,6H2,1-2H3. The minimum atomic E-state index is 0.585. The Morgan fingerprint density at radius 3 is 2.57 bits per heavy atom. The van der Waals surface area contributed by atoms with Crippen LogP contribution in [-0.2, 0) is 0 Å².